The zero-order chi connectivity index (χ0) is 16.3. The molecule has 0 saturated heterocycles. The van der Waals surface area contributed by atoms with Gasteiger partial charge in [-0.25, -0.2) is 0 Å². The van der Waals surface area contributed by atoms with E-state index in [-0.39, 0.29) is 6.10 Å². The standard InChI is InChI=1S/C20H25NO2/c1-21(2)18-14-9-15-19(18)23-20(22,16-10-5-3-6-11-16)17-12-7-4-8-13-17/h3-8,10-13,18-19,22H,9,14-15H2,1-2H3. The molecule has 1 aliphatic rings. The van der Waals surface area contributed by atoms with E-state index in [1.807, 2.05) is 60.7 Å². The number of hydrogen-bond acceptors (Lipinski definition) is 3. The lowest BCUT2D eigenvalue weighted by molar-refractivity contribution is -0.217. The van der Waals surface area contributed by atoms with Gasteiger partial charge in [0, 0.05) is 17.2 Å². The quantitative estimate of drug-likeness (QED) is 0.859. The Morgan fingerprint density at radius 3 is 1.91 bits per heavy atom. The van der Waals surface area contributed by atoms with E-state index in [1.54, 1.807) is 0 Å². The van der Waals surface area contributed by atoms with E-state index in [2.05, 4.69) is 19.0 Å². The van der Waals surface area contributed by atoms with Crippen molar-refractivity contribution in [2.75, 3.05) is 14.1 Å². The maximum Gasteiger partial charge on any atom is 0.220 e. The van der Waals surface area contributed by atoms with E-state index in [0.717, 1.165) is 30.4 Å². The SMILES string of the molecule is CN(C)C1CCCC1OC(O)(c1ccccc1)c1ccccc1. The van der Waals surface area contributed by atoms with Gasteiger partial charge in [0.2, 0.25) is 5.79 Å². The summed E-state index contributed by atoms with van der Waals surface area (Å²) < 4.78 is 6.36. The summed E-state index contributed by atoms with van der Waals surface area (Å²) in [6.45, 7) is 0. The predicted octanol–water partition coefficient (Wildman–Crippen LogP) is 3.38. The average Bonchev–Trinajstić information content (AvgIpc) is 3.04. The van der Waals surface area contributed by atoms with E-state index in [4.69, 9.17) is 4.74 Å². The van der Waals surface area contributed by atoms with E-state index in [9.17, 15) is 5.11 Å². The van der Waals surface area contributed by atoms with Crippen LogP contribution < -0.4 is 0 Å². The highest BCUT2D eigenvalue weighted by molar-refractivity contribution is 5.33. The molecule has 1 N–H and O–H groups in total. The molecule has 2 aromatic rings. The van der Waals surface area contributed by atoms with Crippen LogP contribution >= 0.6 is 0 Å². The van der Waals surface area contributed by atoms with Gasteiger partial charge in [-0.2, -0.15) is 0 Å². The predicted molar refractivity (Wildman–Crippen MR) is 92.1 cm³/mol. The second-order valence-electron chi connectivity index (χ2n) is 6.49. The summed E-state index contributed by atoms with van der Waals surface area (Å²) in [5, 5.41) is 11.5. The Bertz CT molecular complexity index is 573. The van der Waals surface area contributed by atoms with Crippen molar-refractivity contribution in [3.05, 3.63) is 71.8 Å². The van der Waals surface area contributed by atoms with E-state index in [0.29, 0.717) is 6.04 Å². The molecule has 0 spiro atoms. The topological polar surface area (TPSA) is 32.7 Å². The van der Waals surface area contributed by atoms with Gasteiger partial charge in [0.15, 0.2) is 0 Å². The smallest absolute Gasteiger partial charge is 0.220 e. The fourth-order valence-corrected chi connectivity index (χ4v) is 3.48. The molecule has 3 nitrogen and oxygen atoms in total. The minimum atomic E-state index is -1.41. The molecule has 122 valence electrons. The summed E-state index contributed by atoms with van der Waals surface area (Å²) in [5.74, 6) is -1.41. The highest BCUT2D eigenvalue weighted by atomic mass is 16.6. The molecule has 0 aromatic heterocycles. The lowest BCUT2D eigenvalue weighted by Gasteiger charge is -2.36. The number of aliphatic hydroxyl groups is 1. The molecule has 1 aliphatic carbocycles. The number of ether oxygens (including phenoxy) is 1. The van der Waals surface area contributed by atoms with Crippen molar-refractivity contribution < 1.29 is 9.84 Å². The fraction of sp³-hybridized carbons (Fsp3) is 0.400. The highest BCUT2D eigenvalue weighted by Gasteiger charge is 2.40. The molecule has 2 unspecified atom stereocenters. The monoisotopic (exact) mass is 311 g/mol. The molecule has 1 saturated carbocycles. The number of benzene rings is 2. The van der Waals surface area contributed by atoms with Crippen LogP contribution in [0.1, 0.15) is 30.4 Å². The largest absolute Gasteiger partial charge is 0.358 e. The highest BCUT2D eigenvalue weighted by Crippen LogP contribution is 2.37. The van der Waals surface area contributed by atoms with Crippen LogP contribution in [0, 0.1) is 0 Å². The number of rotatable bonds is 5. The number of hydrogen-bond donors (Lipinski definition) is 1. The van der Waals surface area contributed by atoms with Gasteiger partial charge in [-0.3, -0.25) is 0 Å². The molecule has 3 rings (SSSR count). The van der Waals surface area contributed by atoms with Crippen LogP contribution in [0.15, 0.2) is 60.7 Å². The Morgan fingerprint density at radius 2 is 1.43 bits per heavy atom. The molecule has 1 fully saturated rings. The summed E-state index contributed by atoms with van der Waals surface area (Å²) in [5.41, 5.74) is 1.55. The van der Waals surface area contributed by atoms with Crippen LogP contribution in [0.2, 0.25) is 0 Å². The van der Waals surface area contributed by atoms with Crippen LogP contribution in [-0.2, 0) is 10.5 Å². The molecule has 3 heteroatoms. The van der Waals surface area contributed by atoms with Crippen molar-refractivity contribution in [1.82, 2.24) is 4.90 Å². The molecule has 0 amide bonds. The van der Waals surface area contributed by atoms with Crippen molar-refractivity contribution in [1.29, 1.82) is 0 Å². The van der Waals surface area contributed by atoms with Crippen LogP contribution in [0.3, 0.4) is 0 Å². The van der Waals surface area contributed by atoms with Gasteiger partial charge in [-0.1, -0.05) is 60.7 Å². The van der Waals surface area contributed by atoms with Crippen molar-refractivity contribution >= 4 is 0 Å². The molecule has 0 bridgehead atoms. The molecule has 23 heavy (non-hydrogen) atoms. The summed E-state index contributed by atoms with van der Waals surface area (Å²) in [4.78, 5) is 2.20. The van der Waals surface area contributed by atoms with Crippen LogP contribution in [0.5, 0.6) is 0 Å². The van der Waals surface area contributed by atoms with Crippen molar-refractivity contribution in [2.45, 2.75) is 37.2 Å². The molecule has 0 aliphatic heterocycles. The normalized spacial score (nSPS) is 21.7. The molecule has 0 radical (unpaired) electrons. The van der Waals surface area contributed by atoms with Crippen LogP contribution in [0.4, 0.5) is 0 Å². The van der Waals surface area contributed by atoms with Crippen LogP contribution in [0.25, 0.3) is 0 Å². The Kier molecular flexibility index (Phi) is 4.81. The Balaban J connectivity index is 1.96. The van der Waals surface area contributed by atoms with Gasteiger partial charge in [0.1, 0.15) is 0 Å². The van der Waals surface area contributed by atoms with Gasteiger partial charge in [-0.15, -0.1) is 0 Å². The molecule has 0 heterocycles. The van der Waals surface area contributed by atoms with Crippen LogP contribution in [-0.4, -0.2) is 36.2 Å². The number of nitrogens with zero attached hydrogens (tertiary/aromatic N) is 1. The minimum absolute atomic E-state index is 0.0235. The lowest BCUT2D eigenvalue weighted by atomic mass is 9.96. The van der Waals surface area contributed by atoms with Gasteiger partial charge in [0.25, 0.3) is 0 Å². The van der Waals surface area contributed by atoms with E-state index in [1.165, 1.54) is 0 Å². The third-order valence-electron chi connectivity index (χ3n) is 4.73. The molecular weight excluding hydrogens is 286 g/mol. The summed E-state index contributed by atoms with van der Waals surface area (Å²) in [6.07, 6.45) is 3.24. The summed E-state index contributed by atoms with van der Waals surface area (Å²) in [6, 6.07) is 19.7. The van der Waals surface area contributed by atoms with Gasteiger partial charge >= 0.3 is 0 Å². The lowest BCUT2D eigenvalue weighted by Crippen LogP contribution is -2.43. The summed E-state index contributed by atoms with van der Waals surface area (Å²) in [7, 11) is 4.16. The minimum Gasteiger partial charge on any atom is -0.358 e. The second-order valence-corrected chi connectivity index (χ2v) is 6.49. The zero-order valence-electron chi connectivity index (χ0n) is 13.9. The van der Waals surface area contributed by atoms with E-state index < -0.39 is 5.79 Å². The average molecular weight is 311 g/mol. The third-order valence-corrected chi connectivity index (χ3v) is 4.73. The Morgan fingerprint density at radius 1 is 0.913 bits per heavy atom. The van der Waals surface area contributed by atoms with Gasteiger partial charge in [-0.05, 0) is 33.4 Å². The maximum atomic E-state index is 11.5. The van der Waals surface area contributed by atoms with Crippen molar-refractivity contribution in [2.24, 2.45) is 0 Å². The van der Waals surface area contributed by atoms with Crippen molar-refractivity contribution in [3.8, 4) is 0 Å². The first-order chi connectivity index (χ1) is 11.1. The molecule has 2 atom stereocenters. The van der Waals surface area contributed by atoms with Crippen molar-refractivity contribution in [3.63, 3.8) is 0 Å². The van der Waals surface area contributed by atoms with E-state index >= 15 is 0 Å². The fourth-order valence-electron chi connectivity index (χ4n) is 3.48. The second kappa shape index (κ2) is 6.83. The van der Waals surface area contributed by atoms with Gasteiger partial charge < -0.3 is 14.7 Å². The molecule has 2 aromatic carbocycles. The maximum absolute atomic E-state index is 11.5. The number of likely N-dealkylation sites (N-methyl/N-ethyl adjacent to an activating group) is 1. The Hall–Kier alpha value is -1.68. The first-order valence-electron chi connectivity index (χ1n) is 8.29. The summed E-state index contributed by atoms with van der Waals surface area (Å²) >= 11 is 0. The third kappa shape index (κ3) is 3.32. The zero-order valence-corrected chi connectivity index (χ0v) is 13.9. The molecular formula is C20H25NO2. The van der Waals surface area contributed by atoms with Gasteiger partial charge in [0.05, 0.1) is 6.10 Å². The first-order valence-corrected chi connectivity index (χ1v) is 8.29. The first kappa shape index (κ1) is 16.2. The Labute approximate surface area is 138 Å².